The summed E-state index contributed by atoms with van der Waals surface area (Å²) in [5.74, 6) is 0.998. The van der Waals surface area contributed by atoms with E-state index < -0.39 is 0 Å². The molecule has 1 aliphatic heterocycles. The van der Waals surface area contributed by atoms with Gasteiger partial charge in [-0.3, -0.25) is 4.79 Å². The molecule has 0 saturated carbocycles. The van der Waals surface area contributed by atoms with Crippen molar-refractivity contribution in [3.8, 4) is 5.75 Å². The first-order valence-corrected chi connectivity index (χ1v) is 6.45. The summed E-state index contributed by atoms with van der Waals surface area (Å²) in [7, 11) is 0. The first-order chi connectivity index (χ1) is 8.75. The third kappa shape index (κ3) is 5.09. The molecule has 0 radical (unpaired) electrons. The molecule has 1 fully saturated rings. The van der Waals surface area contributed by atoms with Crippen LogP contribution in [0.15, 0.2) is 30.3 Å². The van der Waals surface area contributed by atoms with Gasteiger partial charge in [0, 0.05) is 25.7 Å². The van der Waals surface area contributed by atoms with Crippen LogP contribution < -0.4 is 10.1 Å². The highest BCUT2D eigenvalue weighted by molar-refractivity contribution is 5.85. The molecule has 1 N–H and O–H groups in total. The second-order valence-electron chi connectivity index (χ2n) is 4.61. The number of amides is 1. The second-order valence-corrected chi connectivity index (χ2v) is 4.61. The molecule has 1 amide bonds. The van der Waals surface area contributed by atoms with Gasteiger partial charge in [0.15, 0.2) is 0 Å². The molecule has 106 valence electrons. The summed E-state index contributed by atoms with van der Waals surface area (Å²) in [5, 5.41) is 3.32. The number of ether oxygens (including phenoxy) is 1. The normalized spacial score (nSPS) is 18.6. The molecule has 0 spiro atoms. The highest BCUT2D eigenvalue weighted by Gasteiger charge is 2.19. The maximum absolute atomic E-state index is 12.0. The predicted octanol–water partition coefficient (Wildman–Crippen LogP) is 1.70. The van der Waals surface area contributed by atoms with Gasteiger partial charge in [0.1, 0.15) is 5.75 Å². The minimum atomic E-state index is 0. The molecule has 19 heavy (non-hydrogen) atoms. The molecule has 1 atom stereocenters. The molecule has 5 heteroatoms. The Morgan fingerprint density at radius 1 is 1.42 bits per heavy atom. The number of rotatable bonds is 4. The zero-order chi connectivity index (χ0) is 12.8. The van der Waals surface area contributed by atoms with E-state index in [1.54, 1.807) is 0 Å². The van der Waals surface area contributed by atoms with Crippen LogP contribution >= 0.6 is 12.4 Å². The van der Waals surface area contributed by atoms with E-state index in [0.29, 0.717) is 19.1 Å². The smallest absolute Gasteiger partial charge is 0.226 e. The highest BCUT2D eigenvalue weighted by atomic mass is 35.5. The van der Waals surface area contributed by atoms with Gasteiger partial charge < -0.3 is 15.0 Å². The summed E-state index contributed by atoms with van der Waals surface area (Å²) >= 11 is 0. The fraction of sp³-hybridized carbons (Fsp3) is 0.500. The zero-order valence-corrected chi connectivity index (χ0v) is 12.0. The number of nitrogens with one attached hydrogen (secondary N) is 1. The number of halogens is 1. The Morgan fingerprint density at radius 3 is 2.84 bits per heavy atom. The molecule has 2 rings (SSSR count). The molecule has 1 saturated heterocycles. The van der Waals surface area contributed by atoms with Gasteiger partial charge in [-0.1, -0.05) is 18.2 Å². The van der Waals surface area contributed by atoms with E-state index in [0.717, 1.165) is 25.4 Å². The Hall–Kier alpha value is -1.26. The minimum absolute atomic E-state index is 0. The molecule has 0 unspecified atom stereocenters. The molecule has 4 nitrogen and oxygen atoms in total. The van der Waals surface area contributed by atoms with Gasteiger partial charge in [-0.2, -0.15) is 0 Å². The van der Waals surface area contributed by atoms with E-state index in [1.165, 1.54) is 0 Å². The molecule has 0 bridgehead atoms. The lowest BCUT2D eigenvalue weighted by molar-refractivity contribution is -0.132. The van der Waals surface area contributed by atoms with Gasteiger partial charge in [0.2, 0.25) is 5.91 Å². The van der Waals surface area contributed by atoms with Crippen LogP contribution in [0, 0.1) is 0 Å². The Morgan fingerprint density at radius 2 is 2.16 bits per heavy atom. The third-order valence-corrected chi connectivity index (χ3v) is 3.05. The molecular weight excluding hydrogens is 264 g/mol. The van der Waals surface area contributed by atoms with Gasteiger partial charge >= 0.3 is 0 Å². The largest absolute Gasteiger partial charge is 0.493 e. The topological polar surface area (TPSA) is 41.6 Å². The van der Waals surface area contributed by atoms with Crippen molar-refractivity contribution in [2.75, 3.05) is 26.2 Å². The summed E-state index contributed by atoms with van der Waals surface area (Å²) in [6.45, 7) is 5.02. The van der Waals surface area contributed by atoms with Crippen molar-refractivity contribution in [2.24, 2.45) is 0 Å². The van der Waals surface area contributed by atoms with E-state index in [-0.39, 0.29) is 18.3 Å². The Labute approximate surface area is 120 Å². The molecule has 1 aromatic rings. The minimum Gasteiger partial charge on any atom is -0.493 e. The molecular formula is C14H21ClN2O2. The quantitative estimate of drug-likeness (QED) is 0.915. The summed E-state index contributed by atoms with van der Waals surface area (Å²) in [5.41, 5.74) is 0. The molecule has 0 aromatic heterocycles. The van der Waals surface area contributed by atoms with E-state index in [9.17, 15) is 4.79 Å². The van der Waals surface area contributed by atoms with Gasteiger partial charge in [-0.25, -0.2) is 0 Å². The van der Waals surface area contributed by atoms with Gasteiger partial charge in [-0.15, -0.1) is 12.4 Å². The van der Waals surface area contributed by atoms with Crippen molar-refractivity contribution >= 4 is 18.3 Å². The van der Waals surface area contributed by atoms with Crippen LogP contribution in [-0.2, 0) is 4.79 Å². The lowest BCUT2D eigenvalue weighted by Gasteiger charge is -2.31. The first-order valence-electron chi connectivity index (χ1n) is 6.45. The van der Waals surface area contributed by atoms with Crippen LogP contribution in [0.2, 0.25) is 0 Å². The number of benzene rings is 1. The van der Waals surface area contributed by atoms with Crippen molar-refractivity contribution < 1.29 is 9.53 Å². The van der Waals surface area contributed by atoms with Gasteiger partial charge in [0.25, 0.3) is 0 Å². The Bertz CT molecular complexity index is 386. The van der Waals surface area contributed by atoms with E-state index in [4.69, 9.17) is 4.74 Å². The zero-order valence-electron chi connectivity index (χ0n) is 11.2. The Balaban J connectivity index is 0.00000180. The lowest BCUT2D eigenvalue weighted by Crippen LogP contribution is -2.51. The predicted molar refractivity (Wildman–Crippen MR) is 77.8 cm³/mol. The van der Waals surface area contributed by atoms with Crippen molar-refractivity contribution in [3.05, 3.63) is 30.3 Å². The summed E-state index contributed by atoms with van der Waals surface area (Å²) in [6, 6.07) is 9.98. The number of carbonyl (C=O) groups excluding carboxylic acids is 1. The number of hydrogen-bond acceptors (Lipinski definition) is 3. The van der Waals surface area contributed by atoms with E-state index in [1.807, 2.05) is 35.2 Å². The summed E-state index contributed by atoms with van der Waals surface area (Å²) in [6.07, 6.45) is 0.446. The van der Waals surface area contributed by atoms with Crippen LogP contribution in [-0.4, -0.2) is 43.1 Å². The number of carbonyl (C=O) groups is 1. The van der Waals surface area contributed by atoms with Crippen molar-refractivity contribution in [1.29, 1.82) is 0 Å². The number of hydrogen-bond donors (Lipinski definition) is 1. The maximum atomic E-state index is 12.0. The standard InChI is InChI=1S/C14H20N2O2.ClH/c1-12-11-16(9-8-15-12)14(17)7-10-18-13-5-3-2-4-6-13;/h2-6,12,15H,7-11H2,1H3;1H/t12-;/m0./s1. The molecule has 0 aliphatic carbocycles. The first kappa shape index (κ1) is 15.8. The number of para-hydroxylation sites is 1. The van der Waals surface area contributed by atoms with Crippen molar-refractivity contribution in [3.63, 3.8) is 0 Å². The van der Waals surface area contributed by atoms with Crippen LogP contribution in [0.3, 0.4) is 0 Å². The fourth-order valence-corrected chi connectivity index (χ4v) is 2.09. The highest BCUT2D eigenvalue weighted by Crippen LogP contribution is 2.09. The third-order valence-electron chi connectivity index (χ3n) is 3.05. The van der Waals surface area contributed by atoms with Crippen LogP contribution in [0.1, 0.15) is 13.3 Å². The lowest BCUT2D eigenvalue weighted by atomic mass is 10.2. The van der Waals surface area contributed by atoms with Gasteiger partial charge in [0.05, 0.1) is 13.0 Å². The maximum Gasteiger partial charge on any atom is 0.226 e. The summed E-state index contributed by atoms with van der Waals surface area (Å²) in [4.78, 5) is 13.9. The average Bonchev–Trinajstić information content (AvgIpc) is 2.40. The van der Waals surface area contributed by atoms with Gasteiger partial charge in [-0.05, 0) is 19.1 Å². The van der Waals surface area contributed by atoms with Crippen LogP contribution in [0.4, 0.5) is 0 Å². The van der Waals surface area contributed by atoms with Crippen LogP contribution in [0.5, 0.6) is 5.75 Å². The molecule has 1 aromatic carbocycles. The monoisotopic (exact) mass is 284 g/mol. The van der Waals surface area contributed by atoms with E-state index in [2.05, 4.69) is 12.2 Å². The fourth-order valence-electron chi connectivity index (χ4n) is 2.09. The number of nitrogens with zero attached hydrogens (tertiary/aromatic N) is 1. The van der Waals surface area contributed by atoms with Crippen molar-refractivity contribution in [1.82, 2.24) is 10.2 Å². The second kappa shape index (κ2) is 8.02. The molecule has 1 aliphatic rings. The number of piperazine rings is 1. The summed E-state index contributed by atoms with van der Waals surface area (Å²) < 4.78 is 5.53. The van der Waals surface area contributed by atoms with E-state index >= 15 is 0 Å². The van der Waals surface area contributed by atoms with Crippen LogP contribution in [0.25, 0.3) is 0 Å². The average molecular weight is 285 g/mol. The molecule has 1 heterocycles. The SMILES string of the molecule is C[C@H]1CN(C(=O)CCOc2ccccc2)CCN1.Cl. The van der Waals surface area contributed by atoms with Crippen molar-refractivity contribution in [2.45, 2.75) is 19.4 Å². The Kier molecular flexibility index (Phi) is 6.67.